The lowest BCUT2D eigenvalue weighted by Gasteiger charge is -2.33. The van der Waals surface area contributed by atoms with E-state index in [0.29, 0.717) is 30.6 Å². The lowest BCUT2D eigenvalue weighted by Crippen LogP contribution is -2.51. The van der Waals surface area contributed by atoms with Gasteiger partial charge in [-0.3, -0.25) is 0 Å². The Kier molecular flexibility index (Phi) is 6.02. The second kappa shape index (κ2) is 9.08. The van der Waals surface area contributed by atoms with Gasteiger partial charge in [0.15, 0.2) is 11.5 Å². The molecule has 5 rings (SSSR count). The highest BCUT2D eigenvalue weighted by atomic mass is 16.7. The molecule has 1 spiro atoms. The minimum atomic E-state index is -0.497. The highest BCUT2D eigenvalue weighted by Gasteiger charge is 2.44. The second-order valence-electron chi connectivity index (χ2n) is 9.63. The number of nitrogens with zero attached hydrogens (tertiary/aromatic N) is 1. The van der Waals surface area contributed by atoms with Crippen LogP contribution in [0.4, 0.5) is 15.3 Å². The van der Waals surface area contributed by atoms with E-state index in [1.54, 1.807) is 4.90 Å². The quantitative estimate of drug-likeness (QED) is 0.649. The second-order valence-corrected chi connectivity index (χ2v) is 9.63. The molecule has 174 valence electrons. The smallest absolute Gasteiger partial charge is 0.321 e. The van der Waals surface area contributed by atoms with Gasteiger partial charge in [-0.05, 0) is 50.7 Å². The number of amides is 4. The van der Waals surface area contributed by atoms with Gasteiger partial charge >= 0.3 is 12.1 Å². The Morgan fingerprint density at radius 2 is 1.50 bits per heavy atom. The molecule has 8 nitrogen and oxygen atoms in total. The molecule has 0 atom stereocenters. The van der Waals surface area contributed by atoms with E-state index in [1.165, 1.54) is 19.3 Å². The summed E-state index contributed by atoms with van der Waals surface area (Å²) in [6.07, 6.45) is 11.4. The minimum Gasteiger partial charge on any atom is -0.448 e. The number of carbonyl (C=O) groups is 2. The van der Waals surface area contributed by atoms with Gasteiger partial charge < -0.3 is 30.3 Å². The van der Waals surface area contributed by atoms with Gasteiger partial charge in [-0.15, -0.1) is 0 Å². The van der Waals surface area contributed by atoms with E-state index >= 15 is 0 Å². The number of ether oxygens (including phenoxy) is 2. The maximum absolute atomic E-state index is 12.8. The van der Waals surface area contributed by atoms with E-state index in [1.807, 2.05) is 18.2 Å². The van der Waals surface area contributed by atoms with Crippen molar-refractivity contribution in [3.05, 3.63) is 18.2 Å². The number of carbonyl (C=O) groups excluding carboxylic acids is 2. The molecule has 2 heterocycles. The van der Waals surface area contributed by atoms with Crippen LogP contribution in [0, 0.1) is 0 Å². The molecule has 1 aromatic carbocycles. The molecule has 4 aliphatic rings. The van der Waals surface area contributed by atoms with Crippen molar-refractivity contribution >= 4 is 17.7 Å². The number of urea groups is 2. The number of piperidine rings is 1. The molecule has 2 aliphatic heterocycles. The first-order chi connectivity index (χ1) is 15.6. The Hall–Kier alpha value is -2.64. The summed E-state index contributed by atoms with van der Waals surface area (Å²) in [5.41, 5.74) is 0.708. The van der Waals surface area contributed by atoms with Gasteiger partial charge in [0.25, 0.3) is 5.79 Å². The van der Waals surface area contributed by atoms with Gasteiger partial charge in [-0.2, -0.15) is 0 Å². The number of hydrogen-bond donors (Lipinski definition) is 3. The first kappa shape index (κ1) is 21.2. The number of nitrogens with one attached hydrogen (secondary N) is 3. The van der Waals surface area contributed by atoms with Crippen molar-refractivity contribution in [1.29, 1.82) is 0 Å². The maximum Gasteiger partial charge on any atom is 0.321 e. The molecule has 8 heteroatoms. The van der Waals surface area contributed by atoms with Crippen molar-refractivity contribution in [2.45, 2.75) is 88.5 Å². The van der Waals surface area contributed by atoms with Gasteiger partial charge in [0.05, 0.1) is 0 Å². The average molecular weight is 443 g/mol. The summed E-state index contributed by atoms with van der Waals surface area (Å²) in [6.45, 7) is 1.24. The molecule has 1 aromatic rings. The molecule has 0 radical (unpaired) electrons. The van der Waals surface area contributed by atoms with Crippen molar-refractivity contribution < 1.29 is 19.1 Å². The summed E-state index contributed by atoms with van der Waals surface area (Å²) in [5, 5.41) is 9.18. The molecule has 0 bridgehead atoms. The third-order valence-electron chi connectivity index (χ3n) is 7.21. The lowest BCUT2D eigenvalue weighted by molar-refractivity contribution is -0.0716. The van der Waals surface area contributed by atoms with Crippen LogP contribution in [0.1, 0.15) is 70.6 Å². The maximum atomic E-state index is 12.8. The molecule has 0 aromatic heterocycles. The number of fused-ring (bicyclic) bond motifs is 1. The minimum absolute atomic E-state index is 0.0693. The van der Waals surface area contributed by atoms with Gasteiger partial charge in [0.1, 0.15) is 0 Å². The van der Waals surface area contributed by atoms with Crippen LogP contribution in [-0.4, -0.2) is 47.9 Å². The number of benzene rings is 1. The Morgan fingerprint density at radius 3 is 2.22 bits per heavy atom. The van der Waals surface area contributed by atoms with E-state index in [9.17, 15) is 9.59 Å². The Morgan fingerprint density at radius 1 is 0.844 bits per heavy atom. The van der Waals surface area contributed by atoms with E-state index in [-0.39, 0.29) is 18.1 Å². The number of hydrogen-bond acceptors (Lipinski definition) is 4. The number of likely N-dealkylation sites (tertiary alicyclic amines) is 1. The van der Waals surface area contributed by atoms with Crippen molar-refractivity contribution in [2.24, 2.45) is 0 Å². The normalized spacial score (nSPS) is 22.7. The summed E-state index contributed by atoms with van der Waals surface area (Å²) in [7, 11) is 0. The van der Waals surface area contributed by atoms with E-state index in [4.69, 9.17) is 9.47 Å². The van der Waals surface area contributed by atoms with E-state index in [0.717, 1.165) is 57.1 Å². The molecule has 4 amide bonds. The van der Waals surface area contributed by atoms with Crippen LogP contribution in [0.25, 0.3) is 0 Å². The fourth-order valence-electron chi connectivity index (χ4n) is 5.38. The number of rotatable bonds is 3. The van der Waals surface area contributed by atoms with Crippen LogP contribution in [0.2, 0.25) is 0 Å². The lowest BCUT2D eigenvalue weighted by atomic mass is 9.96. The van der Waals surface area contributed by atoms with Crippen molar-refractivity contribution in [3.63, 3.8) is 0 Å². The largest absolute Gasteiger partial charge is 0.448 e. The van der Waals surface area contributed by atoms with Crippen LogP contribution in [0.5, 0.6) is 11.5 Å². The van der Waals surface area contributed by atoms with Gasteiger partial charge in [0.2, 0.25) is 0 Å². The monoisotopic (exact) mass is 442 g/mol. The molecule has 3 fully saturated rings. The van der Waals surface area contributed by atoms with E-state index in [2.05, 4.69) is 16.0 Å². The summed E-state index contributed by atoms with van der Waals surface area (Å²) in [5.74, 6) is 0.961. The molecule has 3 N–H and O–H groups in total. The van der Waals surface area contributed by atoms with Crippen molar-refractivity contribution in [1.82, 2.24) is 15.5 Å². The average Bonchev–Trinajstić information content (AvgIpc) is 3.40. The molecule has 32 heavy (non-hydrogen) atoms. The van der Waals surface area contributed by atoms with Crippen LogP contribution in [-0.2, 0) is 0 Å². The summed E-state index contributed by atoms with van der Waals surface area (Å²) >= 11 is 0. The fraction of sp³-hybridized carbons (Fsp3) is 0.667. The fourth-order valence-corrected chi connectivity index (χ4v) is 5.38. The highest BCUT2D eigenvalue weighted by Crippen LogP contribution is 2.47. The van der Waals surface area contributed by atoms with Crippen LogP contribution in [0.15, 0.2) is 18.2 Å². The van der Waals surface area contributed by atoms with Crippen LogP contribution < -0.4 is 25.4 Å². The zero-order valence-electron chi connectivity index (χ0n) is 18.7. The Balaban J connectivity index is 1.07. The predicted octanol–water partition coefficient (Wildman–Crippen LogP) is 4.36. The first-order valence-corrected chi connectivity index (χ1v) is 12.2. The number of anilines is 1. The summed E-state index contributed by atoms with van der Waals surface area (Å²) in [6, 6.07) is 5.81. The highest BCUT2D eigenvalue weighted by molar-refractivity contribution is 5.90. The molecule has 1 saturated heterocycles. The standard InChI is InChI=1S/C24H34N4O4/c29-22(25-17-6-2-1-3-7-17)26-18-10-14-28(15-11-18)23(30)27-19-8-9-20-21(16-19)32-24(31-20)12-4-5-13-24/h8-9,16-18H,1-7,10-15H2,(H,27,30)(H2,25,26,29). The third kappa shape index (κ3) is 4.74. The van der Waals surface area contributed by atoms with Gasteiger partial charge in [0, 0.05) is 49.8 Å². The Bertz CT molecular complexity index is 840. The zero-order valence-corrected chi connectivity index (χ0v) is 18.7. The SMILES string of the molecule is O=C(NC1CCCCC1)NC1CCN(C(=O)Nc2ccc3c(c2)OC2(CCCC2)O3)CC1. The summed E-state index contributed by atoms with van der Waals surface area (Å²) in [4.78, 5) is 26.8. The topological polar surface area (TPSA) is 91.9 Å². The van der Waals surface area contributed by atoms with Crippen molar-refractivity contribution in [3.8, 4) is 11.5 Å². The predicted molar refractivity (Wildman–Crippen MR) is 121 cm³/mol. The third-order valence-corrected chi connectivity index (χ3v) is 7.21. The Labute approximate surface area is 189 Å². The summed E-state index contributed by atoms with van der Waals surface area (Å²) < 4.78 is 12.1. The molecule has 2 saturated carbocycles. The molecular formula is C24H34N4O4. The molecule has 2 aliphatic carbocycles. The van der Waals surface area contributed by atoms with Gasteiger partial charge in [-0.1, -0.05) is 19.3 Å². The van der Waals surface area contributed by atoms with Crippen LogP contribution >= 0.6 is 0 Å². The van der Waals surface area contributed by atoms with Gasteiger partial charge in [-0.25, -0.2) is 9.59 Å². The zero-order chi connectivity index (χ0) is 22.0. The molecule has 0 unspecified atom stereocenters. The van der Waals surface area contributed by atoms with Crippen molar-refractivity contribution in [2.75, 3.05) is 18.4 Å². The first-order valence-electron chi connectivity index (χ1n) is 12.2. The van der Waals surface area contributed by atoms with Crippen LogP contribution in [0.3, 0.4) is 0 Å². The molecular weight excluding hydrogens is 408 g/mol. The van der Waals surface area contributed by atoms with E-state index < -0.39 is 5.79 Å².